The first-order valence-electron chi connectivity index (χ1n) is 3.49. The Labute approximate surface area is 70.2 Å². The number of carbonyl (C=O) groups is 2. The Bertz CT molecular complexity index is 169. The minimum atomic E-state index is -0.856. The van der Waals surface area contributed by atoms with Crippen molar-refractivity contribution < 1.29 is 14.3 Å². The molecule has 0 aromatic rings. The van der Waals surface area contributed by atoms with Gasteiger partial charge in [0.2, 0.25) is 5.91 Å². The number of rotatable bonds is 4. The lowest BCUT2D eigenvalue weighted by Gasteiger charge is -2.06. The minimum Gasteiger partial charge on any atom is -0.448 e. The summed E-state index contributed by atoms with van der Waals surface area (Å²) in [5.41, 5.74) is 9.90. The van der Waals surface area contributed by atoms with Crippen LogP contribution < -0.4 is 16.8 Å². The number of nitrogens with two attached hydrogens (primary N) is 2. The average molecular weight is 175 g/mol. The van der Waals surface area contributed by atoms with E-state index < -0.39 is 12.1 Å². The number of hydrogen-bond donors (Lipinski definition) is 3. The third-order valence-corrected chi connectivity index (χ3v) is 1.06. The summed E-state index contributed by atoms with van der Waals surface area (Å²) >= 11 is 0. The van der Waals surface area contributed by atoms with Crippen molar-refractivity contribution in [3.05, 3.63) is 0 Å². The number of nitrogens with one attached hydrogen (secondary N) is 1. The van der Waals surface area contributed by atoms with Crippen LogP contribution in [0.15, 0.2) is 0 Å². The Balaban J connectivity index is 3.32. The standard InChI is InChI=1S/C6H13N3O3/c1-4(7)5(10)9-2-3-12-6(8)11/h4H,2-3,7H2,1H3,(H2,8,11)(H,9,10)/t4-/m0/s1. The summed E-state index contributed by atoms with van der Waals surface area (Å²) < 4.78 is 4.36. The van der Waals surface area contributed by atoms with Gasteiger partial charge >= 0.3 is 6.09 Å². The minimum absolute atomic E-state index is 0.0633. The molecule has 0 unspecified atom stereocenters. The fourth-order valence-corrected chi connectivity index (χ4v) is 0.487. The second kappa shape index (κ2) is 5.36. The lowest BCUT2D eigenvalue weighted by Crippen LogP contribution is -2.40. The van der Waals surface area contributed by atoms with Gasteiger partial charge in [-0.2, -0.15) is 0 Å². The van der Waals surface area contributed by atoms with Crippen molar-refractivity contribution in [2.75, 3.05) is 13.2 Å². The first-order chi connectivity index (χ1) is 5.54. The highest BCUT2D eigenvalue weighted by atomic mass is 16.5. The van der Waals surface area contributed by atoms with Gasteiger partial charge in [-0.1, -0.05) is 0 Å². The van der Waals surface area contributed by atoms with Crippen molar-refractivity contribution in [3.8, 4) is 0 Å². The summed E-state index contributed by atoms with van der Waals surface area (Å²) in [6, 6.07) is -0.557. The molecule has 0 aliphatic carbocycles. The number of primary amides is 1. The maximum Gasteiger partial charge on any atom is 0.404 e. The van der Waals surface area contributed by atoms with Crippen LogP contribution in [0.25, 0.3) is 0 Å². The topological polar surface area (TPSA) is 107 Å². The average Bonchev–Trinajstić information content (AvgIpc) is 1.97. The molecular weight excluding hydrogens is 162 g/mol. The third kappa shape index (κ3) is 5.48. The van der Waals surface area contributed by atoms with E-state index in [1.165, 1.54) is 0 Å². The van der Waals surface area contributed by atoms with E-state index in [2.05, 4.69) is 15.8 Å². The predicted octanol–water partition coefficient (Wildman–Crippen LogP) is -1.45. The van der Waals surface area contributed by atoms with Crippen LogP contribution in [0.1, 0.15) is 6.92 Å². The molecule has 0 fully saturated rings. The van der Waals surface area contributed by atoms with Crippen LogP contribution in [0.3, 0.4) is 0 Å². The van der Waals surface area contributed by atoms with Crippen LogP contribution in [0, 0.1) is 0 Å². The summed E-state index contributed by atoms with van der Waals surface area (Å²) in [5.74, 6) is -0.289. The fraction of sp³-hybridized carbons (Fsp3) is 0.667. The molecule has 1 atom stereocenters. The summed E-state index contributed by atoms with van der Waals surface area (Å²) in [6.45, 7) is 1.85. The lowest BCUT2D eigenvalue weighted by atomic mass is 10.3. The second-order valence-corrected chi connectivity index (χ2v) is 2.25. The van der Waals surface area contributed by atoms with E-state index in [9.17, 15) is 9.59 Å². The summed E-state index contributed by atoms with van der Waals surface area (Å²) in [5, 5.41) is 2.44. The molecule has 5 N–H and O–H groups in total. The molecule has 6 heteroatoms. The van der Waals surface area contributed by atoms with E-state index in [0.717, 1.165) is 0 Å². The van der Waals surface area contributed by atoms with Crippen LogP contribution in [-0.2, 0) is 9.53 Å². The first-order valence-corrected chi connectivity index (χ1v) is 3.49. The molecular formula is C6H13N3O3. The Morgan fingerprint density at radius 3 is 2.58 bits per heavy atom. The van der Waals surface area contributed by atoms with E-state index in [0.29, 0.717) is 0 Å². The number of ether oxygens (including phenoxy) is 1. The molecule has 70 valence electrons. The van der Waals surface area contributed by atoms with E-state index in [1.807, 2.05) is 0 Å². The van der Waals surface area contributed by atoms with E-state index in [1.54, 1.807) is 6.92 Å². The van der Waals surface area contributed by atoms with Gasteiger partial charge in [-0.05, 0) is 6.92 Å². The predicted molar refractivity (Wildman–Crippen MR) is 42.2 cm³/mol. The first kappa shape index (κ1) is 10.7. The maximum atomic E-state index is 10.8. The van der Waals surface area contributed by atoms with Crippen molar-refractivity contribution in [2.24, 2.45) is 11.5 Å². The SMILES string of the molecule is C[C@H](N)C(=O)NCCOC(N)=O. The van der Waals surface area contributed by atoms with Gasteiger partial charge in [0.1, 0.15) is 6.61 Å². The number of amides is 2. The van der Waals surface area contributed by atoms with E-state index in [4.69, 9.17) is 5.73 Å². The summed E-state index contributed by atoms with van der Waals surface area (Å²) in [4.78, 5) is 20.8. The Kier molecular flexibility index (Phi) is 4.78. The molecule has 2 amide bonds. The second-order valence-electron chi connectivity index (χ2n) is 2.25. The van der Waals surface area contributed by atoms with Gasteiger partial charge in [0.05, 0.1) is 12.6 Å². The van der Waals surface area contributed by atoms with Crippen LogP contribution in [0.4, 0.5) is 4.79 Å². The Morgan fingerprint density at radius 1 is 1.58 bits per heavy atom. The molecule has 0 rings (SSSR count). The molecule has 0 saturated heterocycles. The largest absolute Gasteiger partial charge is 0.448 e. The van der Waals surface area contributed by atoms with Crippen molar-refractivity contribution >= 4 is 12.0 Å². The molecule has 0 aromatic heterocycles. The highest BCUT2D eigenvalue weighted by Gasteiger charge is 2.05. The van der Waals surface area contributed by atoms with Gasteiger partial charge in [-0.25, -0.2) is 4.79 Å². The van der Waals surface area contributed by atoms with E-state index in [-0.39, 0.29) is 19.1 Å². The highest BCUT2D eigenvalue weighted by Crippen LogP contribution is 1.75. The maximum absolute atomic E-state index is 10.8. The quantitative estimate of drug-likeness (QED) is 0.454. The number of carbonyl (C=O) groups excluding carboxylic acids is 2. The zero-order chi connectivity index (χ0) is 9.56. The van der Waals surface area contributed by atoms with Gasteiger partial charge in [0.15, 0.2) is 0 Å². The summed E-state index contributed by atoms with van der Waals surface area (Å²) in [6.07, 6.45) is -0.856. The molecule has 0 saturated carbocycles. The molecule has 12 heavy (non-hydrogen) atoms. The molecule has 0 spiro atoms. The molecule has 0 radical (unpaired) electrons. The molecule has 0 aromatic carbocycles. The van der Waals surface area contributed by atoms with Gasteiger partial charge in [0.25, 0.3) is 0 Å². The zero-order valence-electron chi connectivity index (χ0n) is 6.87. The third-order valence-electron chi connectivity index (χ3n) is 1.06. The molecule has 0 aliphatic heterocycles. The van der Waals surface area contributed by atoms with Crippen molar-refractivity contribution in [2.45, 2.75) is 13.0 Å². The Hall–Kier alpha value is -1.30. The highest BCUT2D eigenvalue weighted by molar-refractivity contribution is 5.80. The van der Waals surface area contributed by atoms with Gasteiger partial charge in [-0.3, -0.25) is 4.79 Å². The summed E-state index contributed by atoms with van der Waals surface area (Å²) in [7, 11) is 0. The molecule has 0 heterocycles. The smallest absolute Gasteiger partial charge is 0.404 e. The normalized spacial score (nSPS) is 11.8. The monoisotopic (exact) mass is 175 g/mol. The van der Waals surface area contributed by atoms with Crippen LogP contribution in [0.2, 0.25) is 0 Å². The Morgan fingerprint density at radius 2 is 2.17 bits per heavy atom. The molecule has 0 bridgehead atoms. The van der Waals surface area contributed by atoms with Gasteiger partial charge in [-0.15, -0.1) is 0 Å². The van der Waals surface area contributed by atoms with Crippen LogP contribution in [-0.4, -0.2) is 31.2 Å². The van der Waals surface area contributed by atoms with Crippen molar-refractivity contribution in [3.63, 3.8) is 0 Å². The van der Waals surface area contributed by atoms with Crippen LogP contribution >= 0.6 is 0 Å². The molecule has 0 aliphatic rings. The van der Waals surface area contributed by atoms with Crippen molar-refractivity contribution in [1.82, 2.24) is 5.32 Å². The van der Waals surface area contributed by atoms with Gasteiger partial charge < -0.3 is 21.5 Å². The van der Waals surface area contributed by atoms with Crippen molar-refractivity contribution in [1.29, 1.82) is 0 Å². The van der Waals surface area contributed by atoms with Gasteiger partial charge in [0, 0.05) is 0 Å². The lowest BCUT2D eigenvalue weighted by molar-refractivity contribution is -0.122. The zero-order valence-corrected chi connectivity index (χ0v) is 6.87. The van der Waals surface area contributed by atoms with E-state index >= 15 is 0 Å². The fourth-order valence-electron chi connectivity index (χ4n) is 0.487. The number of hydrogen-bond acceptors (Lipinski definition) is 4. The molecule has 6 nitrogen and oxygen atoms in total. The van der Waals surface area contributed by atoms with Crippen LogP contribution in [0.5, 0.6) is 0 Å².